The Balaban J connectivity index is 1.25. The monoisotopic (exact) mass is 610 g/mol. The number of hydrogen-bond donors (Lipinski definition) is 0. The lowest BCUT2D eigenvalue weighted by atomic mass is 10.3. The van der Waals surface area contributed by atoms with Crippen molar-refractivity contribution < 1.29 is 22.7 Å². The van der Waals surface area contributed by atoms with Gasteiger partial charge >= 0.3 is 0 Å². The van der Waals surface area contributed by atoms with Gasteiger partial charge in [0.15, 0.2) is 0 Å². The van der Waals surface area contributed by atoms with E-state index in [1.807, 2.05) is 4.90 Å². The fraction of sp³-hybridized carbons (Fsp3) is 0.720. The fourth-order valence-electron chi connectivity index (χ4n) is 5.26. The highest BCUT2D eigenvalue weighted by Crippen LogP contribution is 2.36. The van der Waals surface area contributed by atoms with Gasteiger partial charge in [0.05, 0.1) is 40.9 Å². The van der Waals surface area contributed by atoms with E-state index in [-0.39, 0.29) is 58.8 Å². The van der Waals surface area contributed by atoms with Crippen LogP contribution in [0.4, 0.5) is 0 Å². The second-order valence-corrected chi connectivity index (χ2v) is 13.0. The summed E-state index contributed by atoms with van der Waals surface area (Å²) in [7, 11) is -3.98. The molecule has 9 nitrogen and oxygen atoms in total. The number of carbonyl (C=O) groups excluding carboxylic acids is 1. The van der Waals surface area contributed by atoms with Crippen molar-refractivity contribution in [3.8, 4) is 0 Å². The molecule has 0 saturated carbocycles. The van der Waals surface area contributed by atoms with E-state index in [9.17, 15) is 13.2 Å². The third-order valence-corrected chi connectivity index (χ3v) is 10.8. The molecule has 38 heavy (non-hydrogen) atoms. The molecule has 214 valence electrons. The maximum absolute atomic E-state index is 13.4. The second kappa shape index (κ2) is 14.3. The van der Waals surface area contributed by atoms with Gasteiger partial charge < -0.3 is 24.2 Å². The zero-order valence-corrected chi connectivity index (χ0v) is 24.7. The van der Waals surface area contributed by atoms with E-state index >= 15 is 0 Å². The van der Waals surface area contributed by atoms with E-state index in [0.717, 1.165) is 39.0 Å². The van der Waals surface area contributed by atoms with Crippen LogP contribution >= 0.6 is 34.8 Å². The first-order valence-electron chi connectivity index (χ1n) is 13.3. The minimum absolute atomic E-state index is 0.0105. The topological polar surface area (TPSA) is 82.6 Å². The summed E-state index contributed by atoms with van der Waals surface area (Å²) in [5.41, 5.74) is 0. The number of ether oxygens (including phenoxy) is 2. The number of rotatable bonds is 10. The highest BCUT2D eigenvalue weighted by molar-refractivity contribution is 7.89. The molecule has 0 bridgehead atoms. The van der Waals surface area contributed by atoms with Crippen LogP contribution in [0.25, 0.3) is 0 Å². The Morgan fingerprint density at radius 3 is 2.39 bits per heavy atom. The number of benzene rings is 1. The van der Waals surface area contributed by atoms with Crippen molar-refractivity contribution in [3.63, 3.8) is 0 Å². The first kappa shape index (κ1) is 30.3. The maximum atomic E-state index is 13.4. The quantitative estimate of drug-likeness (QED) is 0.376. The number of likely N-dealkylation sites (tertiary alicyclic amines) is 1. The van der Waals surface area contributed by atoms with E-state index in [4.69, 9.17) is 44.3 Å². The molecule has 0 radical (unpaired) electrons. The standard InChI is InChI=1S/C25H37Cl3N4O5S/c26-21-5-6-22(25(28)24(21)27)38(34,35)32-15-16-36-17-20(32)18-37-19-23(33)31-12-4-11-30(13-14-31)10-3-9-29-7-1-2-8-29/h5-6,20H,1-4,7-19H2/t20-/m0/s1. The molecule has 13 heteroatoms. The van der Waals surface area contributed by atoms with Crippen LogP contribution in [-0.4, -0.2) is 125 Å². The number of halogens is 3. The Bertz CT molecular complexity index is 1060. The van der Waals surface area contributed by atoms with Crippen LogP contribution in [0.3, 0.4) is 0 Å². The number of sulfonamides is 1. The molecular formula is C25H37Cl3N4O5S. The number of carbonyl (C=O) groups is 1. The van der Waals surface area contributed by atoms with Gasteiger partial charge in [-0.25, -0.2) is 8.42 Å². The first-order chi connectivity index (χ1) is 18.3. The van der Waals surface area contributed by atoms with Gasteiger partial charge in [0.1, 0.15) is 11.5 Å². The Kier molecular flexibility index (Phi) is 11.4. The zero-order chi connectivity index (χ0) is 27.1. The van der Waals surface area contributed by atoms with Crippen LogP contribution in [0.15, 0.2) is 17.0 Å². The predicted molar refractivity (Wildman–Crippen MR) is 149 cm³/mol. The average Bonchev–Trinajstić information content (AvgIpc) is 3.31. The van der Waals surface area contributed by atoms with E-state index in [1.54, 1.807) is 0 Å². The Hall–Kier alpha value is -0.690. The van der Waals surface area contributed by atoms with Gasteiger partial charge in [0.2, 0.25) is 15.9 Å². The van der Waals surface area contributed by atoms with E-state index in [2.05, 4.69) is 9.80 Å². The Morgan fingerprint density at radius 2 is 1.63 bits per heavy atom. The summed E-state index contributed by atoms with van der Waals surface area (Å²) < 4.78 is 39.3. The Morgan fingerprint density at radius 1 is 0.921 bits per heavy atom. The summed E-state index contributed by atoms with van der Waals surface area (Å²) in [6, 6.07) is 2.16. The van der Waals surface area contributed by atoms with Crippen molar-refractivity contribution in [2.24, 2.45) is 0 Å². The lowest BCUT2D eigenvalue weighted by Gasteiger charge is -2.34. The van der Waals surface area contributed by atoms with Gasteiger partial charge in [-0.3, -0.25) is 4.79 Å². The molecule has 4 rings (SSSR count). The van der Waals surface area contributed by atoms with Crippen LogP contribution < -0.4 is 0 Å². The SMILES string of the molecule is O=C(COC[C@@H]1COCCN1S(=O)(=O)c1ccc(Cl)c(Cl)c1Cl)N1CCCN(CCCN2CCCC2)CC1. The summed E-state index contributed by atoms with van der Waals surface area (Å²) in [6.07, 6.45) is 4.72. The third kappa shape index (κ3) is 7.73. The Labute approximate surface area is 240 Å². The van der Waals surface area contributed by atoms with Crippen molar-refractivity contribution in [2.45, 2.75) is 36.6 Å². The zero-order valence-electron chi connectivity index (χ0n) is 21.6. The van der Waals surface area contributed by atoms with Crippen LogP contribution in [-0.2, 0) is 24.3 Å². The molecule has 1 aromatic rings. The highest BCUT2D eigenvalue weighted by Gasteiger charge is 2.36. The number of nitrogens with zero attached hydrogens (tertiary/aromatic N) is 4. The molecular weight excluding hydrogens is 575 g/mol. The summed E-state index contributed by atoms with van der Waals surface area (Å²) in [5, 5.41) is 0.0464. The lowest BCUT2D eigenvalue weighted by Crippen LogP contribution is -2.51. The minimum Gasteiger partial charge on any atom is -0.378 e. The molecule has 3 fully saturated rings. The molecule has 0 unspecified atom stereocenters. The summed E-state index contributed by atoms with van der Waals surface area (Å²) in [4.78, 5) is 19.6. The number of morpholine rings is 1. The summed E-state index contributed by atoms with van der Waals surface area (Å²) >= 11 is 18.3. The van der Waals surface area contributed by atoms with Gasteiger partial charge in [-0.1, -0.05) is 34.8 Å². The predicted octanol–water partition coefficient (Wildman–Crippen LogP) is 3.07. The van der Waals surface area contributed by atoms with Crippen molar-refractivity contribution in [2.75, 3.05) is 85.3 Å². The molecule has 3 saturated heterocycles. The molecule has 3 aliphatic rings. The largest absolute Gasteiger partial charge is 0.378 e. The fourth-order valence-corrected chi connectivity index (χ4v) is 7.80. The lowest BCUT2D eigenvalue weighted by molar-refractivity contribution is -0.137. The molecule has 0 spiro atoms. The molecule has 3 aliphatic heterocycles. The van der Waals surface area contributed by atoms with Gasteiger partial charge in [-0.2, -0.15) is 4.31 Å². The van der Waals surface area contributed by atoms with Gasteiger partial charge in [-0.15, -0.1) is 0 Å². The normalized spacial score (nSPS) is 22.6. The molecule has 0 aliphatic carbocycles. The van der Waals surface area contributed by atoms with Crippen LogP contribution in [0.5, 0.6) is 0 Å². The van der Waals surface area contributed by atoms with Gasteiger partial charge in [0.25, 0.3) is 0 Å². The smallest absolute Gasteiger partial charge is 0.248 e. The highest BCUT2D eigenvalue weighted by atomic mass is 35.5. The molecule has 0 aromatic heterocycles. The van der Waals surface area contributed by atoms with E-state index in [0.29, 0.717) is 13.1 Å². The summed E-state index contributed by atoms with van der Waals surface area (Å²) in [6.45, 7) is 8.36. The molecule has 1 aromatic carbocycles. The molecule has 0 N–H and O–H groups in total. The second-order valence-electron chi connectivity index (χ2n) is 10.0. The van der Waals surface area contributed by atoms with E-state index in [1.165, 1.54) is 42.4 Å². The molecule has 3 heterocycles. The van der Waals surface area contributed by atoms with Crippen LogP contribution in [0, 0.1) is 0 Å². The average molecular weight is 612 g/mol. The summed E-state index contributed by atoms with van der Waals surface area (Å²) in [5.74, 6) is -0.0809. The number of hydrogen-bond acceptors (Lipinski definition) is 7. The van der Waals surface area contributed by atoms with Crippen molar-refractivity contribution in [1.82, 2.24) is 19.0 Å². The van der Waals surface area contributed by atoms with Crippen molar-refractivity contribution >= 4 is 50.7 Å². The first-order valence-corrected chi connectivity index (χ1v) is 15.9. The van der Waals surface area contributed by atoms with Crippen LogP contribution in [0.2, 0.25) is 15.1 Å². The maximum Gasteiger partial charge on any atom is 0.248 e. The van der Waals surface area contributed by atoms with Crippen LogP contribution in [0.1, 0.15) is 25.7 Å². The van der Waals surface area contributed by atoms with E-state index < -0.39 is 16.1 Å². The molecule has 1 amide bonds. The van der Waals surface area contributed by atoms with Crippen molar-refractivity contribution in [3.05, 3.63) is 27.2 Å². The van der Waals surface area contributed by atoms with Gasteiger partial charge in [0, 0.05) is 26.2 Å². The number of amides is 1. The molecule has 1 atom stereocenters. The van der Waals surface area contributed by atoms with Crippen molar-refractivity contribution in [1.29, 1.82) is 0 Å². The minimum atomic E-state index is -3.98. The van der Waals surface area contributed by atoms with Gasteiger partial charge in [-0.05, 0) is 70.5 Å². The third-order valence-electron chi connectivity index (χ3n) is 7.38.